The Labute approximate surface area is 136 Å². The highest BCUT2D eigenvalue weighted by Crippen LogP contribution is 2.22. The number of methoxy groups -OCH3 is 1. The summed E-state index contributed by atoms with van der Waals surface area (Å²) in [5.74, 6) is 1.68. The van der Waals surface area contributed by atoms with E-state index in [-0.39, 0.29) is 24.0 Å². The molecule has 0 spiro atoms. The van der Waals surface area contributed by atoms with Crippen LogP contribution in [-0.4, -0.2) is 32.7 Å². The zero-order valence-corrected chi connectivity index (χ0v) is 14.0. The van der Waals surface area contributed by atoms with E-state index in [1.165, 1.54) is 0 Å². The first-order valence-electron chi connectivity index (χ1n) is 6.14. The predicted octanol–water partition coefficient (Wildman–Crippen LogP) is 2.45. The molecule has 6 heteroatoms. The van der Waals surface area contributed by atoms with Crippen molar-refractivity contribution in [2.24, 2.45) is 4.99 Å². The van der Waals surface area contributed by atoms with Crippen molar-refractivity contribution in [3.63, 3.8) is 0 Å². The van der Waals surface area contributed by atoms with Gasteiger partial charge in [-0.1, -0.05) is 17.7 Å². The number of hydrogen-bond donors (Lipinski definition) is 2. The smallest absolute Gasteiger partial charge is 0.191 e. The van der Waals surface area contributed by atoms with Crippen molar-refractivity contribution in [1.82, 2.24) is 10.6 Å². The van der Waals surface area contributed by atoms with Gasteiger partial charge in [0.05, 0.1) is 7.11 Å². The number of nitrogens with one attached hydrogen (secondary N) is 2. The first kappa shape index (κ1) is 16.4. The molecule has 0 fully saturated rings. The lowest BCUT2D eigenvalue weighted by atomic mass is 10.1. The first-order chi connectivity index (χ1) is 8.79. The third-order valence-electron chi connectivity index (χ3n) is 2.84. The van der Waals surface area contributed by atoms with Crippen LogP contribution in [0, 0.1) is 0 Å². The van der Waals surface area contributed by atoms with E-state index in [9.17, 15) is 0 Å². The van der Waals surface area contributed by atoms with Crippen LogP contribution >= 0.6 is 35.6 Å². The molecule has 2 N–H and O–H groups in total. The summed E-state index contributed by atoms with van der Waals surface area (Å²) in [4.78, 5) is 4.35. The van der Waals surface area contributed by atoms with Gasteiger partial charge in [0.25, 0.3) is 0 Å². The van der Waals surface area contributed by atoms with Gasteiger partial charge < -0.3 is 15.4 Å². The molecule has 1 aromatic rings. The monoisotopic (exact) mass is 395 g/mol. The molecule has 0 aromatic heterocycles. The number of rotatable bonds is 4. The summed E-state index contributed by atoms with van der Waals surface area (Å²) in [6, 6.07) is 5.77. The zero-order valence-electron chi connectivity index (χ0n) is 10.9. The zero-order chi connectivity index (χ0) is 12.8. The van der Waals surface area contributed by atoms with Gasteiger partial charge in [-0.2, -0.15) is 0 Å². The SMILES string of the molecule is COc1ccc(CCNC2=NCCCN2)c(Cl)c1.I. The molecule has 2 rings (SSSR count). The molecular formula is C13H19ClIN3O. The van der Waals surface area contributed by atoms with Crippen LogP contribution in [0.1, 0.15) is 12.0 Å². The maximum absolute atomic E-state index is 6.18. The van der Waals surface area contributed by atoms with Crippen molar-refractivity contribution in [2.75, 3.05) is 26.7 Å². The van der Waals surface area contributed by atoms with E-state index in [1.807, 2.05) is 18.2 Å². The Morgan fingerprint density at radius 3 is 2.95 bits per heavy atom. The third kappa shape index (κ3) is 5.06. The highest BCUT2D eigenvalue weighted by atomic mass is 127. The fraction of sp³-hybridized carbons (Fsp3) is 0.462. The summed E-state index contributed by atoms with van der Waals surface area (Å²) >= 11 is 6.18. The van der Waals surface area contributed by atoms with Gasteiger partial charge in [-0.3, -0.25) is 4.99 Å². The maximum Gasteiger partial charge on any atom is 0.191 e. The predicted molar refractivity (Wildman–Crippen MR) is 90.0 cm³/mol. The van der Waals surface area contributed by atoms with Gasteiger partial charge in [0.15, 0.2) is 5.96 Å². The average molecular weight is 396 g/mol. The van der Waals surface area contributed by atoms with E-state index in [0.717, 1.165) is 54.8 Å². The van der Waals surface area contributed by atoms with Gasteiger partial charge in [-0.15, -0.1) is 24.0 Å². The van der Waals surface area contributed by atoms with E-state index in [4.69, 9.17) is 16.3 Å². The highest BCUT2D eigenvalue weighted by Gasteiger charge is 2.05. The third-order valence-corrected chi connectivity index (χ3v) is 3.20. The van der Waals surface area contributed by atoms with Crippen LogP contribution in [-0.2, 0) is 6.42 Å². The molecule has 0 aliphatic carbocycles. The van der Waals surface area contributed by atoms with Crippen LogP contribution < -0.4 is 15.4 Å². The number of halogens is 2. The highest BCUT2D eigenvalue weighted by molar-refractivity contribution is 14.0. The second-order valence-electron chi connectivity index (χ2n) is 4.14. The molecule has 19 heavy (non-hydrogen) atoms. The van der Waals surface area contributed by atoms with E-state index >= 15 is 0 Å². The molecule has 1 aliphatic rings. The number of benzene rings is 1. The van der Waals surface area contributed by atoms with Gasteiger partial charge in [-0.05, 0) is 30.5 Å². The van der Waals surface area contributed by atoms with E-state index in [0.29, 0.717) is 0 Å². The number of guanidine groups is 1. The Morgan fingerprint density at radius 2 is 2.32 bits per heavy atom. The first-order valence-corrected chi connectivity index (χ1v) is 6.52. The number of hydrogen-bond acceptors (Lipinski definition) is 4. The van der Waals surface area contributed by atoms with Crippen LogP contribution in [0.2, 0.25) is 5.02 Å². The lowest BCUT2D eigenvalue weighted by Crippen LogP contribution is -2.41. The van der Waals surface area contributed by atoms with Crippen molar-refractivity contribution in [3.05, 3.63) is 28.8 Å². The normalized spacial score (nSPS) is 13.9. The van der Waals surface area contributed by atoms with E-state index in [1.54, 1.807) is 7.11 Å². The molecule has 106 valence electrons. The van der Waals surface area contributed by atoms with Gasteiger partial charge in [0.1, 0.15) is 5.75 Å². The minimum absolute atomic E-state index is 0. The Morgan fingerprint density at radius 1 is 1.47 bits per heavy atom. The Bertz CT molecular complexity index is 440. The summed E-state index contributed by atoms with van der Waals surface area (Å²) in [6.45, 7) is 2.71. The van der Waals surface area contributed by atoms with Crippen molar-refractivity contribution < 1.29 is 4.74 Å². The summed E-state index contributed by atoms with van der Waals surface area (Å²) < 4.78 is 5.12. The summed E-state index contributed by atoms with van der Waals surface area (Å²) in [5, 5.41) is 7.24. The average Bonchev–Trinajstić information content (AvgIpc) is 2.42. The maximum atomic E-state index is 6.18. The van der Waals surface area contributed by atoms with Gasteiger partial charge in [0.2, 0.25) is 0 Å². The molecule has 0 unspecified atom stereocenters. The summed E-state index contributed by atoms with van der Waals surface area (Å²) in [5.41, 5.74) is 1.11. The molecule has 1 heterocycles. The van der Waals surface area contributed by atoms with Gasteiger partial charge in [-0.25, -0.2) is 0 Å². The second-order valence-corrected chi connectivity index (χ2v) is 4.55. The molecule has 0 bridgehead atoms. The molecule has 0 saturated heterocycles. The van der Waals surface area contributed by atoms with Gasteiger partial charge >= 0.3 is 0 Å². The molecule has 0 radical (unpaired) electrons. The topological polar surface area (TPSA) is 45.6 Å². The summed E-state index contributed by atoms with van der Waals surface area (Å²) in [7, 11) is 1.64. The standard InChI is InChI=1S/C13H18ClN3O.HI/c1-18-11-4-3-10(12(14)9-11)5-8-17-13-15-6-2-7-16-13;/h3-4,9H,2,5-8H2,1H3,(H2,15,16,17);1H. The second kappa shape index (κ2) is 8.47. The molecule has 0 saturated carbocycles. The van der Waals surface area contributed by atoms with Crippen LogP contribution in [0.4, 0.5) is 0 Å². The Balaban J connectivity index is 0.00000180. The molecular weight excluding hydrogens is 377 g/mol. The van der Waals surface area contributed by atoms with Crippen molar-refractivity contribution in [2.45, 2.75) is 12.8 Å². The fourth-order valence-corrected chi connectivity index (χ4v) is 2.09. The van der Waals surface area contributed by atoms with Crippen molar-refractivity contribution >= 4 is 41.5 Å². The van der Waals surface area contributed by atoms with Crippen LogP contribution in [0.25, 0.3) is 0 Å². The molecule has 1 aliphatic heterocycles. The number of aliphatic imine (C=N–C) groups is 1. The lowest BCUT2D eigenvalue weighted by Gasteiger charge is -2.16. The minimum atomic E-state index is 0. The molecule has 0 amide bonds. The van der Waals surface area contributed by atoms with Crippen LogP contribution in [0.5, 0.6) is 5.75 Å². The lowest BCUT2D eigenvalue weighted by molar-refractivity contribution is 0.414. The Kier molecular flexibility index (Phi) is 7.30. The van der Waals surface area contributed by atoms with Crippen molar-refractivity contribution in [3.8, 4) is 5.75 Å². The fourth-order valence-electron chi connectivity index (χ4n) is 1.82. The van der Waals surface area contributed by atoms with E-state index in [2.05, 4.69) is 15.6 Å². The summed E-state index contributed by atoms with van der Waals surface area (Å²) in [6.07, 6.45) is 1.97. The molecule has 4 nitrogen and oxygen atoms in total. The quantitative estimate of drug-likeness (QED) is 0.770. The van der Waals surface area contributed by atoms with Gasteiger partial charge in [0, 0.05) is 24.7 Å². The Hall–Kier alpha value is -0.690. The number of nitrogens with zero attached hydrogens (tertiary/aromatic N) is 1. The largest absolute Gasteiger partial charge is 0.497 e. The van der Waals surface area contributed by atoms with Crippen LogP contribution in [0.3, 0.4) is 0 Å². The minimum Gasteiger partial charge on any atom is -0.497 e. The number of ether oxygens (including phenoxy) is 1. The van der Waals surface area contributed by atoms with Crippen molar-refractivity contribution in [1.29, 1.82) is 0 Å². The molecule has 1 aromatic carbocycles. The van der Waals surface area contributed by atoms with Crippen LogP contribution in [0.15, 0.2) is 23.2 Å². The van der Waals surface area contributed by atoms with E-state index < -0.39 is 0 Å². The molecule has 0 atom stereocenters.